The predicted octanol–water partition coefficient (Wildman–Crippen LogP) is 3.85. The normalized spacial score (nSPS) is 11.6. The van der Waals surface area contributed by atoms with Gasteiger partial charge in [-0.25, -0.2) is 0 Å². The first-order chi connectivity index (χ1) is 8.80. The summed E-state index contributed by atoms with van der Waals surface area (Å²) in [7, 11) is 0. The van der Waals surface area contributed by atoms with E-state index in [-0.39, 0.29) is 11.3 Å². The lowest BCUT2D eigenvalue weighted by Gasteiger charge is -2.16. The van der Waals surface area contributed by atoms with Gasteiger partial charge < -0.3 is 11.5 Å². The SMILES string of the molecule is Cc1c(-c2ccc(N)cc2)ccc(N)c1C(F)(F)F. The van der Waals surface area contributed by atoms with Crippen molar-refractivity contribution in [3.8, 4) is 11.1 Å². The van der Waals surface area contributed by atoms with Crippen LogP contribution >= 0.6 is 0 Å². The van der Waals surface area contributed by atoms with E-state index in [9.17, 15) is 13.2 Å². The second-order valence-electron chi connectivity index (χ2n) is 4.32. The number of nitrogens with two attached hydrogens (primary N) is 2. The molecule has 0 saturated heterocycles. The van der Waals surface area contributed by atoms with Crippen molar-refractivity contribution in [3.05, 3.63) is 47.5 Å². The van der Waals surface area contributed by atoms with E-state index in [1.165, 1.54) is 13.0 Å². The highest BCUT2D eigenvalue weighted by Gasteiger charge is 2.35. The molecular weight excluding hydrogens is 253 g/mol. The lowest BCUT2D eigenvalue weighted by Crippen LogP contribution is -2.12. The van der Waals surface area contributed by atoms with Gasteiger partial charge >= 0.3 is 6.18 Å². The van der Waals surface area contributed by atoms with Crippen LogP contribution in [0.15, 0.2) is 36.4 Å². The average Bonchev–Trinajstić information content (AvgIpc) is 2.29. The van der Waals surface area contributed by atoms with E-state index in [4.69, 9.17) is 11.5 Å². The molecule has 2 rings (SSSR count). The van der Waals surface area contributed by atoms with Crippen molar-refractivity contribution in [1.29, 1.82) is 0 Å². The first-order valence-electron chi connectivity index (χ1n) is 5.63. The summed E-state index contributed by atoms with van der Waals surface area (Å²) in [4.78, 5) is 0. The van der Waals surface area contributed by atoms with Crippen LogP contribution in [-0.2, 0) is 6.18 Å². The zero-order chi connectivity index (χ0) is 14.2. The molecule has 2 nitrogen and oxygen atoms in total. The van der Waals surface area contributed by atoms with Crippen LogP contribution in [0.3, 0.4) is 0 Å². The van der Waals surface area contributed by atoms with Crippen molar-refractivity contribution in [1.82, 2.24) is 0 Å². The highest BCUT2D eigenvalue weighted by Crippen LogP contribution is 2.39. The zero-order valence-corrected chi connectivity index (χ0v) is 10.3. The summed E-state index contributed by atoms with van der Waals surface area (Å²) in [6, 6.07) is 9.55. The molecule has 0 saturated carbocycles. The van der Waals surface area contributed by atoms with E-state index in [0.29, 0.717) is 16.8 Å². The van der Waals surface area contributed by atoms with E-state index >= 15 is 0 Å². The quantitative estimate of drug-likeness (QED) is 0.770. The van der Waals surface area contributed by atoms with Crippen LogP contribution in [0.4, 0.5) is 24.5 Å². The Morgan fingerprint density at radius 1 is 0.895 bits per heavy atom. The number of rotatable bonds is 1. The van der Waals surface area contributed by atoms with Crippen LogP contribution < -0.4 is 11.5 Å². The van der Waals surface area contributed by atoms with Crippen molar-refractivity contribution in [3.63, 3.8) is 0 Å². The second kappa shape index (κ2) is 4.50. The minimum Gasteiger partial charge on any atom is -0.399 e. The number of hydrogen-bond donors (Lipinski definition) is 2. The molecule has 0 heterocycles. The van der Waals surface area contributed by atoms with Crippen LogP contribution in [0.25, 0.3) is 11.1 Å². The highest BCUT2D eigenvalue weighted by molar-refractivity contribution is 5.73. The Labute approximate surface area is 108 Å². The first-order valence-corrected chi connectivity index (χ1v) is 5.63. The molecule has 19 heavy (non-hydrogen) atoms. The van der Waals surface area contributed by atoms with Gasteiger partial charge in [0, 0.05) is 11.4 Å². The molecule has 0 aliphatic carbocycles. The molecule has 0 aromatic heterocycles. The van der Waals surface area contributed by atoms with E-state index in [1.807, 2.05) is 0 Å². The lowest BCUT2D eigenvalue weighted by atomic mass is 9.95. The topological polar surface area (TPSA) is 52.0 Å². The van der Waals surface area contributed by atoms with Gasteiger partial charge in [0.1, 0.15) is 0 Å². The Morgan fingerprint density at radius 2 is 1.47 bits per heavy atom. The molecule has 0 spiro atoms. The van der Waals surface area contributed by atoms with Gasteiger partial charge in [-0.15, -0.1) is 0 Å². The zero-order valence-electron chi connectivity index (χ0n) is 10.3. The largest absolute Gasteiger partial charge is 0.418 e. The van der Waals surface area contributed by atoms with Crippen molar-refractivity contribution in [2.45, 2.75) is 13.1 Å². The van der Waals surface area contributed by atoms with Crippen LogP contribution in [0.1, 0.15) is 11.1 Å². The third-order valence-corrected chi connectivity index (χ3v) is 3.00. The van der Waals surface area contributed by atoms with Gasteiger partial charge in [0.2, 0.25) is 0 Å². The molecule has 0 amide bonds. The third kappa shape index (κ3) is 2.50. The third-order valence-electron chi connectivity index (χ3n) is 3.00. The summed E-state index contributed by atoms with van der Waals surface area (Å²) in [5, 5.41) is 0. The molecule has 100 valence electrons. The van der Waals surface area contributed by atoms with E-state index in [0.717, 1.165) is 0 Å². The number of halogens is 3. The van der Waals surface area contributed by atoms with Crippen molar-refractivity contribution in [2.24, 2.45) is 0 Å². The fourth-order valence-corrected chi connectivity index (χ4v) is 2.08. The smallest absolute Gasteiger partial charge is 0.399 e. The summed E-state index contributed by atoms with van der Waals surface area (Å²) in [6.45, 7) is 1.42. The van der Waals surface area contributed by atoms with Gasteiger partial charge in [-0.2, -0.15) is 13.2 Å². The number of alkyl halides is 3. The molecule has 5 heteroatoms. The summed E-state index contributed by atoms with van der Waals surface area (Å²) < 4.78 is 38.9. The minimum absolute atomic E-state index is 0.122. The molecule has 0 unspecified atom stereocenters. The van der Waals surface area contributed by atoms with Crippen molar-refractivity contribution >= 4 is 11.4 Å². The lowest BCUT2D eigenvalue weighted by molar-refractivity contribution is -0.137. The van der Waals surface area contributed by atoms with Crippen molar-refractivity contribution < 1.29 is 13.2 Å². The highest BCUT2D eigenvalue weighted by atomic mass is 19.4. The maximum absolute atomic E-state index is 13.0. The number of anilines is 2. The van der Waals surface area contributed by atoms with E-state index < -0.39 is 11.7 Å². The second-order valence-corrected chi connectivity index (χ2v) is 4.32. The Bertz CT molecular complexity index is 601. The monoisotopic (exact) mass is 266 g/mol. The minimum atomic E-state index is -4.46. The molecule has 0 atom stereocenters. The maximum Gasteiger partial charge on any atom is 0.418 e. The van der Waals surface area contributed by atoms with Gasteiger partial charge in [-0.05, 0) is 41.8 Å². The number of benzene rings is 2. The summed E-state index contributed by atoms with van der Waals surface area (Å²) >= 11 is 0. The Balaban J connectivity index is 2.63. The Morgan fingerprint density at radius 3 is 2.00 bits per heavy atom. The van der Waals surface area contributed by atoms with Crippen LogP contribution in [0, 0.1) is 6.92 Å². The standard InChI is InChI=1S/C14H13F3N2/c1-8-11(9-2-4-10(18)5-3-9)6-7-12(19)13(8)14(15,16)17/h2-7H,18-19H2,1H3. The fourth-order valence-electron chi connectivity index (χ4n) is 2.08. The molecule has 0 fully saturated rings. The van der Waals surface area contributed by atoms with E-state index in [1.54, 1.807) is 30.3 Å². The predicted molar refractivity (Wildman–Crippen MR) is 70.4 cm³/mol. The van der Waals surface area contributed by atoms with Crippen LogP contribution in [-0.4, -0.2) is 0 Å². The van der Waals surface area contributed by atoms with Gasteiger partial charge in [0.25, 0.3) is 0 Å². The number of nitrogen functional groups attached to an aromatic ring is 2. The van der Waals surface area contributed by atoms with Crippen LogP contribution in [0.5, 0.6) is 0 Å². The fraction of sp³-hybridized carbons (Fsp3) is 0.143. The molecule has 0 aliphatic heterocycles. The Kier molecular flexibility index (Phi) is 3.14. The summed E-state index contributed by atoms with van der Waals surface area (Å²) in [5.74, 6) is 0. The first kappa shape index (κ1) is 13.3. The Hall–Kier alpha value is -2.17. The molecule has 0 radical (unpaired) electrons. The van der Waals surface area contributed by atoms with Gasteiger partial charge in [-0.1, -0.05) is 18.2 Å². The number of hydrogen-bond acceptors (Lipinski definition) is 2. The van der Waals surface area contributed by atoms with Crippen molar-refractivity contribution in [2.75, 3.05) is 11.5 Å². The molecule has 2 aromatic rings. The molecule has 2 aromatic carbocycles. The maximum atomic E-state index is 13.0. The van der Waals surface area contributed by atoms with Gasteiger partial charge in [0.15, 0.2) is 0 Å². The molecule has 0 bridgehead atoms. The summed E-state index contributed by atoms with van der Waals surface area (Å²) in [5.41, 5.74) is 11.8. The van der Waals surface area contributed by atoms with Crippen LogP contribution in [0.2, 0.25) is 0 Å². The van der Waals surface area contributed by atoms with Gasteiger partial charge in [-0.3, -0.25) is 0 Å². The molecular formula is C14H13F3N2. The average molecular weight is 266 g/mol. The molecule has 4 N–H and O–H groups in total. The van der Waals surface area contributed by atoms with Gasteiger partial charge in [0.05, 0.1) is 5.56 Å². The molecule has 0 aliphatic rings. The summed E-state index contributed by atoms with van der Waals surface area (Å²) in [6.07, 6.45) is -4.46. The van der Waals surface area contributed by atoms with E-state index in [2.05, 4.69) is 0 Å².